The van der Waals surface area contributed by atoms with Crippen molar-refractivity contribution in [1.82, 2.24) is 10.1 Å². The van der Waals surface area contributed by atoms with Gasteiger partial charge in [-0.2, -0.15) is 4.98 Å². The highest BCUT2D eigenvalue weighted by molar-refractivity contribution is 5.34. The summed E-state index contributed by atoms with van der Waals surface area (Å²) in [6.07, 6.45) is 2.81. The first-order valence-corrected chi connectivity index (χ1v) is 6.43. The summed E-state index contributed by atoms with van der Waals surface area (Å²) in [6.45, 7) is 2.01. The average Bonchev–Trinajstić information content (AvgIpc) is 3.03. The van der Waals surface area contributed by atoms with Crippen LogP contribution in [0.3, 0.4) is 0 Å². The van der Waals surface area contributed by atoms with Gasteiger partial charge in [0.25, 0.3) is 0 Å². The fourth-order valence-corrected chi connectivity index (χ4v) is 2.48. The van der Waals surface area contributed by atoms with Gasteiger partial charge in [0.2, 0.25) is 5.89 Å². The molecule has 1 atom stereocenters. The molecule has 0 amide bonds. The summed E-state index contributed by atoms with van der Waals surface area (Å²) >= 11 is 0. The van der Waals surface area contributed by atoms with Crippen LogP contribution < -0.4 is 5.73 Å². The van der Waals surface area contributed by atoms with Crippen molar-refractivity contribution in [2.24, 2.45) is 5.73 Å². The van der Waals surface area contributed by atoms with Crippen LogP contribution >= 0.6 is 0 Å². The van der Waals surface area contributed by atoms with Gasteiger partial charge in [-0.25, -0.2) is 0 Å². The topological polar surface area (TPSA) is 64.9 Å². The highest BCUT2D eigenvalue weighted by Gasteiger charge is 2.27. The van der Waals surface area contributed by atoms with E-state index >= 15 is 0 Å². The molecule has 1 heterocycles. The molecule has 1 aromatic heterocycles. The van der Waals surface area contributed by atoms with Crippen LogP contribution in [0.25, 0.3) is 0 Å². The molecule has 0 spiro atoms. The Hall–Kier alpha value is -1.68. The standard InChI is InChI=1S/C14H17N3O/c1-2-12(15)14-16-13(17-18-14)11-7-9-5-3-4-6-10(9)8-11/h3-6,11-12H,2,7-8,15H2,1H3/t12-/m0/s1. The predicted molar refractivity (Wildman–Crippen MR) is 68.1 cm³/mol. The maximum Gasteiger partial charge on any atom is 0.243 e. The second-order valence-electron chi connectivity index (χ2n) is 4.88. The SMILES string of the molecule is CC[C@H](N)c1nc(C2Cc3ccccc3C2)no1. The van der Waals surface area contributed by atoms with Crippen molar-refractivity contribution in [1.29, 1.82) is 0 Å². The first kappa shape index (κ1) is 11.4. The largest absolute Gasteiger partial charge is 0.338 e. The lowest BCUT2D eigenvalue weighted by molar-refractivity contribution is 0.346. The van der Waals surface area contributed by atoms with E-state index in [0.29, 0.717) is 11.8 Å². The average molecular weight is 243 g/mol. The summed E-state index contributed by atoms with van der Waals surface area (Å²) in [6, 6.07) is 8.36. The Bertz CT molecular complexity index is 524. The summed E-state index contributed by atoms with van der Waals surface area (Å²) in [5, 5.41) is 4.08. The molecule has 0 unspecified atom stereocenters. The van der Waals surface area contributed by atoms with Crippen LogP contribution in [0.2, 0.25) is 0 Å². The Morgan fingerprint density at radius 3 is 2.61 bits per heavy atom. The summed E-state index contributed by atoms with van der Waals surface area (Å²) in [7, 11) is 0. The highest BCUT2D eigenvalue weighted by Crippen LogP contribution is 2.32. The zero-order valence-electron chi connectivity index (χ0n) is 10.5. The molecule has 1 aromatic carbocycles. The molecule has 0 saturated carbocycles. The summed E-state index contributed by atoms with van der Waals surface area (Å²) in [4.78, 5) is 4.44. The van der Waals surface area contributed by atoms with Crippen LogP contribution in [0.1, 0.15) is 48.1 Å². The molecular weight excluding hydrogens is 226 g/mol. The van der Waals surface area contributed by atoms with Gasteiger partial charge in [-0.3, -0.25) is 0 Å². The van der Waals surface area contributed by atoms with Crippen molar-refractivity contribution in [3.63, 3.8) is 0 Å². The Labute approximate surface area is 106 Å². The Balaban J connectivity index is 1.80. The maximum atomic E-state index is 5.89. The van der Waals surface area contributed by atoms with E-state index in [0.717, 1.165) is 25.1 Å². The maximum absolute atomic E-state index is 5.89. The summed E-state index contributed by atoms with van der Waals surface area (Å²) < 4.78 is 5.24. The normalized spacial score (nSPS) is 16.8. The molecule has 2 N–H and O–H groups in total. The van der Waals surface area contributed by atoms with Crippen LogP contribution in [0, 0.1) is 0 Å². The Morgan fingerprint density at radius 1 is 1.33 bits per heavy atom. The number of aromatic nitrogens is 2. The zero-order valence-corrected chi connectivity index (χ0v) is 10.5. The minimum absolute atomic E-state index is 0.143. The molecule has 94 valence electrons. The first-order valence-electron chi connectivity index (χ1n) is 6.43. The van der Waals surface area contributed by atoms with E-state index in [4.69, 9.17) is 10.3 Å². The molecule has 2 aromatic rings. The van der Waals surface area contributed by atoms with Crippen LogP contribution in [0.15, 0.2) is 28.8 Å². The quantitative estimate of drug-likeness (QED) is 0.898. The number of nitrogens with zero attached hydrogens (tertiary/aromatic N) is 2. The van der Waals surface area contributed by atoms with Gasteiger partial charge in [-0.1, -0.05) is 36.3 Å². The molecule has 0 aliphatic heterocycles. The molecule has 0 fully saturated rings. The molecule has 0 radical (unpaired) electrons. The Morgan fingerprint density at radius 2 is 2.00 bits per heavy atom. The van der Waals surface area contributed by atoms with Crippen molar-refractivity contribution in [2.75, 3.05) is 0 Å². The minimum atomic E-state index is -0.143. The van der Waals surface area contributed by atoms with Gasteiger partial charge in [-0.15, -0.1) is 0 Å². The second-order valence-corrected chi connectivity index (χ2v) is 4.88. The van der Waals surface area contributed by atoms with Crippen LogP contribution in [-0.4, -0.2) is 10.1 Å². The van der Waals surface area contributed by atoms with Crippen molar-refractivity contribution < 1.29 is 4.52 Å². The smallest absolute Gasteiger partial charge is 0.243 e. The third-order valence-electron chi connectivity index (χ3n) is 3.63. The summed E-state index contributed by atoms with van der Waals surface area (Å²) in [5.41, 5.74) is 8.69. The lowest BCUT2D eigenvalue weighted by Gasteiger charge is -2.02. The van der Waals surface area contributed by atoms with Crippen LogP contribution in [-0.2, 0) is 12.8 Å². The first-order chi connectivity index (χ1) is 8.78. The lowest BCUT2D eigenvalue weighted by Crippen LogP contribution is -2.09. The molecule has 18 heavy (non-hydrogen) atoms. The van der Waals surface area contributed by atoms with Crippen LogP contribution in [0.5, 0.6) is 0 Å². The minimum Gasteiger partial charge on any atom is -0.338 e. The molecule has 1 aliphatic carbocycles. The van der Waals surface area contributed by atoms with Gasteiger partial charge >= 0.3 is 0 Å². The molecule has 4 heteroatoms. The zero-order chi connectivity index (χ0) is 12.5. The van der Waals surface area contributed by atoms with E-state index in [9.17, 15) is 0 Å². The number of hydrogen-bond acceptors (Lipinski definition) is 4. The number of rotatable bonds is 3. The van der Waals surface area contributed by atoms with Crippen molar-refractivity contribution >= 4 is 0 Å². The van der Waals surface area contributed by atoms with E-state index in [-0.39, 0.29) is 6.04 Å². The van der Waals surface area contributed by atoms with Gasteiger partial charge in [0.1, 0.15) is 0 Å². The molecule has 0 bridgehead atoms. The lowest BCUT2D eigenvalue weighted by atomic mass is 10.1. The molecular formula is C14H17N3O. The molecule has 4 nitrogen and oxygen atoms in total. The van der Waals surface area contributed by atoms with Crippen molar-refractivity contribution in [3.05, 3.63) is 47.1 Å². The van der Waals surface area contributed by atoms with Crippen LogP contribution in [0.4, 0.5) is 0 Å². The number of fused-ring (bicyclic) bond motifs is 1. The van der Waals surface area contributed by atoms with Crippen molar-refractivity contribution in [3.8, 4) is 0 Å². The predicted octanol–water partition coefficient (Wildman–Crippen LogP) is 2.36. The van der Waals surface area contributed by atoms with Gasteiger partial charge in [0, 0.05) is 5.92 Å². The third-order valence-corrected chi connectivity index (χ3v) is 3.63. The number of benzene rings is 1. The summed E-state index contributed by atoms with van der Waals surface area (Å²) in [5.74, 6) is 1.69. The monoisotopic (exact) mass is 243 g/mol. The van der Waals surface area contributed by atoms with E-state index in [1.165, 1.54) is 11.1 Å². The van der Waals surface area contributed by atoms with E-state index in [1.807, 2.05) is 6.92 Å². The van der Waals surface area contributed by atoms with Gasteiger partial charge in [0.05, 0.1) is 6.04 Å². The van der Waals surface area contributed by atoms with E-state index in [1.54, 1.807) is 0 Å². The van der Waals surface area contributed by atoms with Gasteiger partial charge in [-0.05, 0) is 30.4 Å². The number of hydrogen-bond donors (Lipinski definition) is 1. The van der Waals surface area contributed by atoms with Gasteiger partial charge < -0.3 is 10.3 Å². The molecule has 1 aliphatic rings. The van der Waals surface area contributed by atoms with E-state index < -0.39 is 0 Å². The number of nitrogens with two attached hydrogens (primary N) is 1. The molecule has 0 saturated heterocycles. The Kier molecular flexibility index (Phi) is 2.88. The fourth-order valence-electron chi connectivity index (χ4n) is 2.48. The van der Waals surface area contributed by atoms with Gasteiger partial charge in [0.15, 0.2) is 5.82 Å². The highest BCUT2D eigenvalue weighted by atomic mass is 16.5. The third kappa shape index (κ3) is 1.93. The molecule has 3 rings (SSSR count). The van der Waals surface area contributed by atoms with Crippen molar-refractivity contribution in [2.45, 2.75) is 38.1 Å². The van der Waals surface area contributed by atoms with E-state index in [2.05, 4.69) is 34.4 Å². The second kappa shape index (κ2) is 4.53. The fraction of sp³-hybridized carbons (Fsp3) is 0.429.